The molecule has 0 saturated carbocycles. The number of rotatable bonds is 61. The van der Waals surface area contributed by atoms with E-state index in [9.17, 15) is 19.8 Å². The number of carbonyl (C=O) groups excluding carboxylic acids is 2. The SMILES string of the molecule is CCCCCC/C=C\CCCCCCCC(=O)OCCCCCCCCCCCCCC/C=C\CCCCCCCCCCCCCCCCCC(=O)NC(CO)C(O)CCCCCCCCCCCCC. The average Bonchev–Trinajstić information content (AvgIpc) is 3.38. The number of amides is 1. The third-order valence-electron chi connectivity index (χ3n) is 15.2. The maximum Gasteiger partial charge on any atom is 0.305 e. The summed E-state index contributed by atoms with van der Waals surface area (Å²) in [4.78, 5) is 24.5. The predicted octanol–water partition coefficient (Wildman–Crippen LogP) is 20.6. The number of hydrogen-bond acceptors (Lipinski definition) is 5. The molecule has 0 radical (unpaired) electrons. The molecule has 0 aromatic carbocycles. The lowest BCUT2D eigenvalue weighted by Gasteiger charge is -2.22. The Morgan fingerprint density at radius 2 is 0.653 bits per heavy atom. The van der Waals surface area contributed by atoms with Crippen molar-refractivity contribution in [2.24, 2.45) is 0 Å². The summed E-state index contributed by atoms with van der Waals surface area (Å²) in [6.07, 6.45) is 76.5. The van der Waals surface area contributed by atoms with Crippen molar-refractivity contribution in [1.82, 2.24) is 5.32 Å². The van der Waals surface area contributed by atoms with E-state index in [1.54, 1.807) is 0 Å². The van der Waals surface area contributed by atoms with Crippen molar-refractivity contribution in [2.75, 3.05) is 13.2 Å². The molecule has 0 rings (SSSR count). The van der Waals surface area contributed by atoms with E-state index in [1.165, 1.54) is 283 Å². The molecule has 3 N–H and O–H groups in total. The van der Waals surface area contributed by atoms with E-state index < -0.39 is 12.1 Å². The van der Waals surface area contributed by atoms with Crippen molar-refractivity contribution in [3.8, 4) is 0 Å². The first-order chi connectivity index (χ1) is 35.5. The standard InChI is InChI=1S/C66H127NO5/c1-3-5-7-9-11-13-15-35-40-44-48-52-56-60-66(71)72-61-57-53-49-45-41-37-34-32-30-28-26-24-22-20-18-16-17-19-21-23-25-27-29-31-33-36-39-43-47-51-55-59-65(70)67-63(62-68)64(69)58-54-50-46-42-38-14-12-10-8-6-4-2/h13,15,18,20,63-64,68-69H,3-12,14,16-17,19,21-62H2,1-2H3,(H,67,70)/b15-13-,20-18-. The molecule has 0 aromatic rings. The molecule has 2 atom stereocenters. The Balaban J connectivity index is 3.34. The van der Waals surface area contributed by atoms with E-state index in [0.717, 1.165) is 44.9 Å². The summed E-state index contributed by atoms with van der Waals surface area (Å²) in [5, 5.41) is 23.2. The van der Waals surface area contributed by atoms with Crippen LogP contribution in [0.25, 0.3) is 0 Å². The average molecular weight is 1010 g/mol. The number of carbonyl (C=O) groups is 2. The minimum absolute atomic E-state index is 0.00862. The van der Waals surface area contributed by atoms with Gasteiger partial charge in [-0.2, -0.15) is 0 Å². The molecule has 0 saturated heterocycles. The van der Waals surface area contributed by atoms with E-state index in [1.807, 2.05) is 0 Å². The first kappa shape index (κ1) is 70.3. The molecule has 1 amide bonds. The Labute approximate surface area is 450 Å². The maximum atomic E-state index is 12.5. The fourth-order valence-corrected chi connectivity index (χ4v) is 10.2. The summed E-state index contributed by atoms with van der Waals surface area (Å²) in [5.41, 5.74) is 0. The summed E-state index contributed by atoms with van der Waals surface area (Å²) < 4.78 is 5.48. The van der Waals surface area contributed by atoms with Crippen LogP contribution in [0.15, 0.2) is 24.3 Å². The second-order valence-electron chi connectivity index (χ2n) is 22.4. The molecule has 0 fully saturated rings. The van der Waals surface area contributed by atoms with Gasteiger partial charge in [-0.3, -0.25) is 9.59 Å². The molecule has 6 nitrogen and oxygen atoms in total. The topological polar surface area (TPSA) is 95.9 Å². The number of aliphatic hydroxyl groups is 2. The zero-order chi connectivity index (χ0) is 52.2. The monoisotopic (exact) mass is 1010 g/mol. The van der Waals surface area contributed by atoms with Crippen LogP contribution >= 0.6 is 0 Å². The Bertz CT molecular complexity index is 1120. The van der Waals surface area contributed by atoms with E-state index in [2.05, 4.69) is 43.5 Å². The molecule has 0 bridgehead atoms. The summed E-state index contributed by atoms with van der Waals surface area (Å²) in [6.45, 7) is 4.95. The third kappa shape index (κ3) is 57.6. The molecule has 0 spiro atoms. The number of hydrogen-bond donors (Lipinski definition) is 3. The van der Waals surface area contributed by atoms with Gasteiger partial charge in [-0.05, 0) is 77.0 Å². The second kappa shape index (κ2) is 61.9. The van der Waals surface area contributed by atoms with Gasteiger partial charge in [-0.1, -0.05) is 295 Å². The van der Waals surface area contributed by atoms with Gasteiger partial charge in [0.05, 0.1) is 25.4 Å². The number of unbranched alkanes of at least 4 members (excludes halogenated alkanes) is 46. The molecule has 0 aliphatic rings. The van der Waals surface area contributed by atoms with Crippen LogP contribution in [-0.2, 0) is 14.3 Å². The van der Waals surface area contributed by atoms with Crippen molar-refractivity contribution in [3.63, 3.8) is 0 Å². The minimum atomic E-state index is -0.661. The van der Waals surface area contributed by atoms with E-state index >= 15 is 0 Å². The van der Waals surface area contributed by atoms with Gasteiger partial charge in [-0.15, -0.1) is 0 Å². The van der Waals surface area contributed by atoms with Gasteiger partial charge in [0, 0.05) is 12.8 Å². The molecule has 426 valence electrons. The van der Waals surface area contributed by atoms with Crippen LogP contribution in [-0.4, -0.2) is 47.4 Å². The van der Waals surface area contributed by atoms with Gasteiger partial charge >= 0.3 is 5.97 Å². The highest BCUT2D eigenvalue weighted by atomic mass is 16.5. The van der Waals surface area contributed by atoms with Crippen LogP contribution in [0, 0.1) is 0 Å². The third-order valence-corrected chi connectivity index (χ3v) is 15.2. The van der Waals surface area contributed by atoms with Crippen molar-refractivity contribution in [3.05, 3.63) is 24.3 Å². The van der Waals surface area contributed by atoms with Crippen molar-refractivity contribution >= 4 is 11.9 Å². The van der Waals surface area contributed by atoms with E-state index in [4.69, 9.17) is 4.74 Å². The fraction of sp³-hybridized carbons (Fsp3) is 0.909. The van der Waals surface area contributed by atoms with Crippen LogP contribution in [0.4, 0.5) is 0 Å². The Hall–Kier alpha value is -1.66. The van der Waals surface area contributed by atoms with Crippen LogP contribution in [0.2, 0.25) is 0 Å². The Kier molecular flexibility index (Phi) is 60.5. The van der Waals surface area contributed by atoms with Gasteiger partial charge in [0.2, 0.25) is 5.91 Å². The number of aliphatic hydroxyl groups excluding tert-OH is 2. The molecule has 0 aliphatic carbocycles. The van der Waals surface area contributed by atoms with Crippen LogP contribution in [0.1, 0.15) is 361 Å². The fourth-order valence-electron chi connectivity index (χ4n) is 10.2. The molecule has 0 heterocycles. The number of nitrogens with one attached hydrogen (secondary N) is 1. The summed E-state index contributed by atoms with van der Waals surface area (Å²) in [6, 6.07) is -0.538. The summed E-state index contributed by atoms with van der Waals surface area (Å²) >= 11 is 0. The summed E-state index contributed by atoms with van der Waals surface area (Å²) in [7, 11) is 0. The lowest BCUT2D eigenvalue weighted by Crippen LogP contribution is -2.45. The minimum Gasteiger partial charge on any atom is -0.466 e. The van der Waals surface area contributed by atoms with Gasteiger partial charge in [0.15, 0.2) is 0 Å². The molecular weight excluding hydrogens is 887 g/mol. The number of allylic oxidation sites excluding steroid dienone is 4. The smallest absolute Gasteiger partial charge is 0.305 e. The lowest BCUT2D eigenvalue weighted by molar-refractivity contribution is -0.143. The maximum absolute atomic E-state index is 12.5. The largest absolute Gasteiger partial charge is 0.466 e. The zero-order valence-corrected chi connectivity index (χ0v) is 48.7. The normalized spacial score (nSPS) is 12.7. The van der Waals surface area contributed by atoms with Gasteiger partial charge in [0.25, 0.3) is 0 Å². The molecular formula is C66H127NO5. The Morgan fingerprint density at radius 3 is 1.00 bits per heavy atom. The van der Waals surface area contributed by atoms with E-state index in [-0.39, 0.29) is 18.5 Å². The zero-order valence-electron chi connectivity index (χ0n) is 48.7. The van der Waals surface area contributed by atoms with Crippen molar-refractivity contribution in [2.45, 2.75) is 373 Å². The summed E-state index contributed by atoms with van der Waals surface area (Å²) in [5.74, 6) is -0.0239. The molecule has 2 unspecified atom stereocenters. The molecule has 0 aliphatic heterocycles. The van der Waals surface area contributed by atoms with Gasteiger partial charge in [0.1, 0.15) is 0 Å². The lowest BCUT2D eigenvalue weighted by atomic mass is 10.0. The van der Waals surface area contributed by atoms with Crippen molar-refractivity contribution < 1.29 is 24.5 Å². The first-order valence-electron chi connectivity index (χ1n) is 32.6. The quantitative estimate of drug-likeness (QED) is 0.0320. The highest BCUT2D eigenvalue weighted by Gasteiger charge is 2.20. The van der Waals surface area contributed by atoms with E-state index in [0.29, 0.717) is 25.9 Å². The molecule has 6 heteroatoms. The number of ether oxygens (including phenoxy) is 1. The van der Waals surface area contributed by atoms with Crippen LogP contribution < -0.4 is 5.32 Å². The predicted molar refractivity (Wildman–Crippen MR) is 315 cm³/mol. The first-order valence-corrected chi connectivity index (χ1v) is 32.6. The van der Waals surface area contributed by atoms with Crippen LogP contribution in [0.5, 0.6) is 0 Å². The van der Waals surface area contributed by atoms with Gasteiger partial charge in [-0.25, -0.2) is 0 Å². The van der Waals surface area contributed by atoms with Crippen molar-refractivity contribution in [1.29, 1.82) is 0 Å². The number of esters is 1. The Morgan fingerprint density at radius 1 is 0.375 bits per heavy atom. The highest BCUT2D eigenvalue weighted by Crippen LogP contribution is 2.18. The van der Waals surface area contributed by atoms with Gasteiger partial charge < -0.3 is 20.3 Å². The highest BCUT2D eigenvalue weighted by molar-refractivity contribution is 5.76. The van der Waals surface area contributed by atoms with Crippen LogP contribution in [0.3, 0.4) is 0 Å². The molecule has 72 heavy (non-hydrogen) atoms. The molecule has 0 aromatic heterocycles. The second-order valence-corrected chi connectivity index (χ2v) is 22.4.